The fourth-order valence-corrected chi connectivity index (χ4v) is 2.81. The first-order chi connectivity index (χ1) is 9.66. The lowest BCUT2D eigenvalue weighted by Crippen LogP contribution is -2.07. The Morgan fingerprint density at radius 3 is 2.80 bits per heavy atom. The molecular weight excluding hydrogens is 338 g/mol. The minimum Gasteiger partial charge on any atom is -0.307 e. The van der Waals surface area contributed by atoms with Crippen molar-refractivity contribution in [3.63, 3.8) is 0 Å². The normalized spacial score (nSPS) is 12.8. The maximum atomic E-state index is 6.26. The average molecular weight is 351 g/mol. The van der Waals surface area contributed by atoms with E-state index in [1.807, 2.05) is 37.3 Å². The Balaban J connectivity index is 2.14. The first-order valence-electron chi connectivity index (χ1n) is 6.35. The number of aromatic nitrogens is 3. The third-order valence-electron chi connectivity index (χ3n) is 3.18. The van der Waals surface area contributed by atoms with Gasteiger partial charge in [0, 0.05) is 10.7 Å². The van der Waals surface area contributed by atoms with Gasteiger partial charge in [-0.15, -0.1) is 11.6 Å². The molecule has 0 N–H and O–H groups in total. The maximum Gasteiger partial charge on any atom is 0.160 e. The molecule has 1 unspecified atom stereocenters. The number of pyridine rings is 1. The summed E-state index contributed by atoms with van der Waals surface area (Å²) in [7, 11) is 0. The topological polar surface area (TPSA) is 30.7 Å². The molecule has 102 valence electrons. The highest BCUT2D eigenvalue weighted by atomic mass is 79.9. The minimum absolute atomic E-state index is 0.160. The van der Waals surface area contributed by atoms with E-state index in [9.17, 15) is 0 Å². The third-order valence-corrected chi connectivity index (χ3v) is 4.14. The van der Waals surface area contributed by atoms with Gasteiger partial charge >= 0.3 is 0 Å². The van der Waals surface area contributed by atoms with Crippen LogP contribution in [0, 0.1) is 0 Å². The van der Waals surface area contributed by atoms with Crippen LogP contribution in [0.2, 0.25) is 0 Å². The van der Waals surface area contributed by atoms with Crippen LogP contribution in [0.5, 0.6) is 0 Å². The molecule has 20 heavy (non-hydrogen) atoms. The summed E-state index contributed by atoms with van der Waals surface area (Å²) in [5.41, 5.74) is 2.92. The fraction of sp³-hybridized carbons (Fsp3) is 0.200. The van der Waals surface area contributed by atoms with E-state index in [4.69, 9.17) is 11.6 Å². The molecule has 0 radical (unpaired) electrons. The first kappa shape index (κ1) is 13.6. The van der Waals surface area contributed by atoms with Crippen LogP contribution in [0.4, 0.5) is 0 Å². The lowest BCUT2D eigenvalue weighted by atomic mass is 10.2. The van der Waals surface area contributed by atoms with Gasteiger partial charge in [0.05, 0.1) is 11.9 Å². The van der Waals surface area contributed by atoms with Gasteiger partial charge in [0.15, 0.2) is 5.65 Å². The lowest BCUT2D eigenvalue weighted by Gasteiger charge is -2.11. The fourth-order valence-electron chi connectivity index (χ4n) is 2.23. The number of fused-ring (bicyclic) bond motifs is 1. The molecule has 0 aliphatic carbocycles. The van der Waals surface area contributed by atoms with Crippen LogP contribution in [0.15, 0.2) is 47.1 Å². The Kier molecular flexibility index (Phi) is 3.76. The molecule has 2 heterocycles. The zero-order valence-corrected chi connectivity index (χ0v) is 13.3. The van der Waals surface area contributed by atoms with Crippen LogP contribution in [0.25, 0.3) is 11.2 Å². The second-order valence-electron chi connectivity index (χ2n) is 4.61. The van der Waals surface area contributed by atoms with Crippen molar-refractivity contribution in [1.29, 1.82) is 0 Å². The van der Waals surface area contributed by atoms with E-state index in [1.54, 1.807) is 6.20 Å². The van der Waals surface area contributed by atoms with Crippen molar-refractivity contribution in [1.82, 2.24) is 14.5 Å². The van der Waals surface area contributed by atoms with E-state index in [-0.39, 0.29) is 5.38 Å². The maximum absolute atomic E-state index is 6.26. The van der Waals surface area contributed by atoms with Crippen molar-refractivity contribution >= 4 is 38.7 Å². The highest BCUT2D eigenvalue weighted by Gasteiger charge is 2.16. The molecule has 2 aromatic heterocycles. The summed E-state index contributed by atoms with van der Waals surface area (Å²) in [6.45, 7) is 2.63. The summed E-state index contributed by atoms with van der Waals surface area (Å²) in [5, 5.41) is -0.160. The molecule has 0 spiro atoms. The van der Waals surface area contributed by atoms with Crippen molar-refractivity contribution < 1.29 is 0 Å². The average Bonchev–Trinajstić information content (AvgIpc) is 2.81. The van der Waals surface area contributed by atoms with Crippen molar-refractivity contribution in [3.8, 4) is 0 Å². The second kappa shape index (κ2) is 5.54. The van der Waals surface area contributed by atoms with Gasteiger partial charge in [0.2, 0.25) is 0 Å². The van der Waals surface area contributed by atoms with E-state index in [0.717, 1.165) is 21.5 Å². The molecule has 0 saturated carbocycles. The highest BCUT2D eigenvalue weighted by Crippen LogP contribution is 2.26. The standard InChI is InChI=1S/C15H13BrClN3/c1-10(17)14-19-13-7-4-8-18-15(13)20(14)9-11-5-2-3-6-12(11)16/h2-8,10H,9H2,1H3. The van der Waals surface area contributed by atoms with Gasteiger partial charge < -0.3 is 4.57 Å². The Labute approximate surface area is 130 Å². The summed E-state index contributed by atoms with van der Waals surface area (Å²) in [5.74, 6) is 0.844. The van der Waals surface area contributed by atoms with E-state index < -0.39 is 0 Å². The summed E-state index contributed by atoms with van der Waals surface area (Å²) in [6.07, 6.45) is 1.78. The van der Waals surface area contributed by atoms with Crippen LogP contribution in [-0.4, -0.2) is 14.5 Å². The zero-order chi connectivity index (χ0) is 14.1. The van der Waals surface area contributed by atoms with Crippen LogP contribution < -0.4 is 0 Å². The summed E-state index contributed by atoms with van der Waals surface area (Å²) in [6, 6.07) is 12.0. The molecule has 1 atom stereocenters. The largest absolute Gasteiger partial charge is 0.307 e. The number of nitrogens with zero attached hydrogens (tertiary/aromatic N) is 3. The van der Waals surface area contributed by atoms with Crippen LogP contribution in [-0.2, 0) is 6.54 Å². The van der Waals surface area contributed by atoms with Gasteiger partial charge in [0.25, 0.3) is 0 Å². The smallest absolute Gasteiger partial charge is 0.160 e. The predicted molar refractivity (Wildman–Crippen MR) is 85.0 cm³/mol. The number of rotatable bonds is 3. The van der Waals surface area contributed by atoms with Gasteiger partial charge in [-0.05, 0) is 30.7 Å². The van der Waals surface area contributed by atoms with Gasteiger partial charge in [0.1, 0.15) is 11.3 Å². The second-order valence-corrected chi connectivity index (χ2v) is 6.12. The molecule has 5 heteroatoms. The molecule has 0 saturated heterocycles. The van der Waals surface area contributed by atoms with Gasteiger partial charge in [-0.25, -0.2) is 9.97 Å². The predicted octanol–water partition coefficient (Wildman–Crippen LogP) is 4.54. The Morgan fingerprint density at radius 2 is 2.05 bits per heavy atom. The van der Waals surface area contributed by atoms with Crippen molar-refractivity contribution in [3.05, 3.63) is 58.5 Å². The molecular formula is C15H13BrClN3. The number of alkyl halides is 1. The van der Waals surface area contributed by atoms with Crippen molar-refractivity contribution in [2.24, 2.45) is 0 Å². The van der Waals surface area contributed by atoms with Gasteiger partial charge in [-0.3, -0.25) is 0 Å². The Morgan fingerprint density at radius 1 is 1.25 bits per heavy atom. The van der Waals surface area contributed by atoms with E-state index in [1.165, 1.54) is 5.56 Å². The summed E-state index contributed by atoms with van der Waals surface area (Å²) in [4.78, 5) is 9.03. The molecule has 0 aliphatic rings. The van der Waals surface area contributed by atoms with Crippen LogP contribution in [0.1, 0.15) is 23.7 Å². The quantitative estimate of drug-likeness (QED) is 0.649. The van der Waals surface area contributed by atoms with Gasteiger partial charge in [-0.1, -0.05) is 34.1 Å². The number of benzene rings is 1. The third kappa shape index (κ3) is 2.45. The SMILES string of the molecule is CC(Cl)c1nc2cccnc2n1Cc1ccccc1Br. The van der Waals surface area contributed by atoms with E-state index in [2.05, 4.69) is 36.5 Å². The highest BCUT2D eigenvalue weighted by molar-refractivity contribution is 9.10. The molecule has 0 aliphatic heterocycles. The van der Waals surface area contributed by atoms with E-state index in [0.29, 0.717) is 6.54 Å². The Bertz CT molecular complexity index is 752. The molecule has 1 aromatic carbocycles. The number of hydrogen-bond acceptors (Lipinski definition) is 2. The molecule has 0 fully saturated rings. The molecule has 3 aromatic rings. The van der Waals surface area contributed by atoms with E-state index >= 15 is 0 Å². The number of halogens is 2. The first-order valence-corrected chi connectivity index (χ1v) is 7.58. The molecule has 3 nitrogen and oxygen atoms in total. The summed E-state index contributed by atoms with van der Waals surface area (Å²) < 4.78 is 3.15. The number of hydrogen-bond donors (Lipinski definition) is 0. The number of imidazole rings is 1. The van der Waals surface area contributed by atoms with Crippen LogP contribution >= 0.6 is 27.5 Å². The van der Waals surface area contributed by atoms with Gasteiger partial charge in [-0.2, -0.15) is 0 Å². The summed E-state index contributed by atoms with van der Waals surface area (Å²) >= 11 is 9.84. The monoisotopic (exact) mass is 349 g/mol. The van der Waals surface area contributed by atoms with Crippen molar-refractivity contribution in [2.45, 2.75) is 18.8 Å². The minimum atomic E-state index is -0.160. The lowest BCUT2D eigenvalue weighted by molar-refractivity contribution is 0.734. The molecule has 0 amide bonds. The van der Waals surface area contributed by atoms with Crippen LogP contribution in [0.3, 0.4) is 0 Å². The van der Waals surface area contributed by atoms with Crippen molar-refractivity contribution in [2.75, 3.05) is 0 Å². The Hall–Kier alpha value is -1.39. The zero-order valence-electron chi connectivity index (χ0n) is 10.9. The molecule has 0 bridgehead atoms. The molecule has 3 rings (SSSR count).